The largest absolute Gasteiger partial charge is 0.411 e. The summed E-state index contributed by atoms with van der Waals surface area (Å²) in [6, 6.07) is -0.0386. The van der Waals surface area contributed by atoms with Crippen LogP contribution < -0.4 is 5.73 Å². The Labute approximate surface area is 121 Å². The van der Waals surface area contributed by atoms with Crippen LogP contribution in [-0.2, 0) is 4.74 Å². The van der Waals surface area contributed by atoms with E-state index in [0.29, 0.717) is 6.42 Å². The molecule has 0 saturated heterocycles. The summed E-state index contributed by atoms with van der Waals surface area (Å²) in [6.45, 7) is 1.13. The van der Waals surface area contributed by atoms with Crippen LogP contribution in [0.25, 0.3) is 0 Å². The van der Waals surface area contributed by atoms with E-state index in [2.05, 4.69) is 11.7 Å². The van der Waals surface area contributed by atoms with Gasteiger partial charge in [0.15, 0.2) is 0 Å². The zero-order chi connectivity index (χ0) is 15.3. The number of alkyl halides is 3. The van der Waals surface area contributed by atoms with Gasteiger partial charge in [-0.25, -0.2) is 0 Å². The molecule has 122 valence electrons. The van der Waals surface area contributed by atoms with E-state index in [1.165, 1.54) is 44.9 Å². The van der Waals surface area contributed by atoms with Crippen LogP contribution in [0, 0.1) is 0 Å². The molecule has 0 rings (SSSR count). The van der Waals surface area contributed by atoms with Crippen LogP contribution in [0.3, 0.4) is 0 Å². The van der Waals surface area contributed by atoms with Crippen LogP contribution in [0.2, 0.25) is 0 Å². The highest BCUT2D eigenvalue weighted by molar-refractivity contribution is 4.61. The van der Waals surface area contributed by atoms with Crippen molar-refractivity contribution >= 4 is 0 Å². The fraction of sp³-hybridized carbons (Fsp3) is 1.00. The summed E-state index contributed by atoms with van der Waals surface area (Å²) in [7, 11) is 0. The Hall–Kier alpha value is -0.290. The maximum Gasteiger partial charge on any atom is 0.411 e. The minimum absolute atomic E-state index is 0.0386. The molecule has 0 aromatic carbocycles. The lowest BCUT2D eigenvalue weighted by atomic mass is 10.0. The van der Waals surface area contributed by atoms with E-state index in [1.54, 1.807) is 0 Å². The Balaban J connectivity index is 3.22. The minimum Gasteiger partial charge on any atom is -0.372 e. The molecule has 0 radical (unpaired) electrons. The number of halogens is 3. The molecule has 2 N–H and O–H groups in total. The Morgan fingerprint density at radius 3 is 2.00 bits per heavy atom. The van der Waals surface area contributed by atoms with Crippen molar-refractivity contribution in [2.24, 2.45) is 5.73 Å². The molecule has 0 saturated carbocycles. The molecular weight excluding hydrogens is 267 g/mol. The number of ether oxygens (including phenoxy) is 1. The van der Waals surface area contributed by atoms with E-state index < -0.39 is 12.8 Å². The second-order valence-electron chi connectivity index (χ2n) is 5.48. The Morgan fingerprint density at radius 1 is 0.900 bits per heavy atom. The van der Waals surface area contributed by atoms with E-state index in [-0.39, 0.29) is 12.6 Å². The predicted octanol–water partition coefficient (Wildman–Crippen LogP) is 4.81. The fourth-order valence-corrected chi connectivity index (χ4v) is 2.11. The van der Waals surface area contributed by atoms with Crippen LogP contribution in [0.15, 0.2) is 0 Å². The summed E-state index contributed by atoms with van der Waals surface area (Å²) in [5, 5.41) is 0. The van der Waals surface area contributed by atoms with Crippen molar-refractivity contribution < 1.29 is 17.9 Å². The van der Waals surface area contributed by atoms with E-state index in [4.69, 9.17) is 5.73 Å². The maximum absolute atomic E-state index is 11.8. The van der Waals surface area contributed by atoms with Crippen molar-refractivity contribution in [1.82, 2.24) is 0 Å². The zero-order valence-electron chi connectivity index (χ0n) is 12.7. The summed E-state index contributed by atoms with van der Waals surface area (Å²) < 4.78 is 40.0. The third kappa shape index (κ3) is 15.8. The molecule has 0 fully saturated rings. The first-order chi connectivity index (χ1) is 9.45. The quantitative estimate of drug-likeness (QED) is 0.495. The molecule has 0 bridgehead atoms. The summed E-state index contributed by atoms with van der Waals surface area (Å²) in [4.78, 5) is 0. The minimum atomic E-state index is -4.23. The topological polar surface area (TPSA) is 35.2 Å². The third-order valence-electron chi connectivity index (χ3n) is 3.33. The van der Waals surface area contributed by atoms with E-state index in [1.807, 2.05) is 0 Å². The highest BCUT2D eigenvalue weighted by Gasteiger charge is 2.27. The van der Waals surface area contributed by atoms with E-state index in [9.17, 15) is 13.2 Å². The van der Waals surface area contributed by atoms with Crippen LogP contribution in [0.1, 0.15) is 71.1 Å². The standard InChI is InChI=1S/C15H30F3NO/c1-2-3-4-5-6-7-8-9-10-14(19)11-12-20-13-15(16,17)18/h14H,2-13,19H2,1H3. The summed E-state index contributed by atoms with van der Waals surface area (Å²) in [5.41, 5.74) is 5.84. The van der Waals surface area contributed by atoms with Crippen LogP contribution in [0.4, 0.5) is 13.2 Å². The SMILES string of the molecule is CCCCCCCCCCC(N)CCOCC(F)(F)F. The molecule has 0 aromatic heterocycles. The summed E-state index contributed by atoms with van der Waals surface area (Å²) in [6.07, 6.45) is 7.13. The number of nitrogens with two attached hydrogens (primary N) is 1. The van der Waals surface area contributed by atoms with Gasteiger partial charge in [-0.05, 0) is 12.8 Å². The Kier molecular flexibility index (Phi) is 12.3. The first kappa shape index (κ1) is 19.7. The molecule has 5 heteroatoms. The molecule has 1 atom stereocenters. The first-order valence-corrected chi connectivity index (χ1v) is 7.85. The lowest BCUT2D eigenvalue weighted by molar-refractivity contribution is -0.174. The van der Waals surface area contributed by atoms with Crippen LogP contribution >= 0.6 is 0 Å². The van der Waals surface area contributed by atoms with Gasteiger partial charge in [0, 0.05) is 12.6 Å². The fourth-order valence-electron chi connectivity index (χ4n) is 2.11. The zero-order valence-corrected chi connectivity index (χ0v) is 12.7. The molecule has 20 heavy (non-hydrogen) atoms. The molecule has 0 amide bonds. The average molecular weight is 297 g/mol. The Bertz CT molecular complexity index is 210. The maximum atomic E-state index is 11.8. The summed E-state index contributed by atoms with van der Waals surface area (Å²) in [5.74, 6) is 0. The smallest absolute Gasteiger partial charge is 0.372 e. The second-order valence-corrected chi connectivity index (χ2v) is 5.48. The molecule has 0 heterocycles. The number of unbranched alkanes of at least 4 members (excludes halogenated alkanes) is 7. The number of rotatable bonds is 13. The highest BCUT2D eigenvalue weighted by atomic mass is 19.4. The van der Waals surface area contributed by atoms with Gasteiger partial charge in [-0.3, -0.25) is 0 Å². The van der Waals surface area contributed by atoms with Crippen LogP contribution in [0.5, 0.6) is 0 Å². The molecule has 2 nitrogen and oxygen atoms in total. The molecule has 0 aromatic rings. The highest BCUT2D eigenvalue weighted by Crippen LogP contribution is 2.15. The molecule has 0 aliphatic heterocycles. The van der Waals surface area contributed by atoms with Crippen LogP contribution in [-0.4, -0.2) is 25.4 Å². The van der Waals surface area contributed by atoms with Gasteiger partial charge < -0.3 is 10.5 Å². The van der Waals surface area contributed by atoms with Gasteiger partial charge in [-0.2, -0.15) is 13.2 Å². The van der Waals surface area contributed by atoms with Gasteiger partial charge in [0.05, 0.1) is 0 Å². The average Bonchev–Trinajstić information content (AvgIpc) is 2.37. The first-order valence-electron chi connectivity index (χ1n) is 7.85. The lowest BCUT2D eigenvalue weighted by Gasteiger charge is -2.12. The predicted molar refractivity (Wildman–Crippen MR) is 76.7 cm³/mol. The number of hydrogen-bond acceptors (Lipinski definition) is 2. The van der Waals surface area contributed by atoms with Crippen molar-refractivity contribution in [3.05, 3.63) is 0 Å². The number of hydrogen-bond donors (Lipinski definition) is 1. The van der Waals surface area contributed by atoms with Gasteiger partial charge in [0.1, 0.15) is 6.61 Å². The van der Waals surface area contributed by atoms with Crippen molar-refractivity contribution in [2.75, 3.05) is 13.2 Å². The normalized spacial score (nSPS) is 13.7. The van der Waals surface area contributed by atoms with Crippen molar-refractivity contribution in [3.63, 3.8) is 0 Å². The van der Waals surface area contributed by atoms with Gasteiger partial charge in [0.2, 0.25) is 0 Å². The van der Waals surface area contributed by atoms with E-state index >= 15 is 0 Å². The molecule has 0 aliphatic carbocycles. The molecule has 0 spiro atoms. The molecular formula is C15H30F3NO. The van der Waals surface area contributed by atoms with Gasteiger partial charge >= 0.3 is 6.18 Å². The summed E-state index contributed by atoms with van der Waals surface area (Å²) >= 11 is 0. The Morgan fingerprint density at radius 2 is 1.45 bits per heavy atom. The lowest BCUT2D eigenvalue weighted by Crippen LogP contribution is -2.24. The van der Waals surface area contributed by atoms with Gasteiger partial charge in [-0.15, -0.1) is 0 Å². The third-order valence-corrected chi connectivity index (χ3v) is 3.33. The molecule has 0 aliphatic rings. The van der Waals surface area contributed by atoms with Crippen molar-refractivity contribution in [3.8, 4) is 0 Å². The monoisotopic (exact) mass is 297 g/mol. The van der Waals surface area contributed by atoms with Gasteiger partial charge in [0.25, 0.3) is 0 Å². The van der Waals surface area contributed by atoms with Gasteiger partial charge in [-0.1, -0.05) is 58.3 Å². The second kappa shape index (κ2) is 12.5. The van der Waals surface area contributed by atoms with Crippen molar-refractivity contribution in [2.45, 2.75) is 83.4 Å². The molecule has 1 unspecified atom stereocenters. The van der Waals surface area contributed by atoms with Crippen molar-refractivity contribution in [1.29, 1.82) is 0 Å². The van der Waals surface area contributed by atoms with E-state index in [0.717, 1.165) is 12.8 Å².